The van der Waals surface area contributed by atoms with E-state index >= 15 is 0 Å². The van der Waals surface area contributed by atoms with E-state index in [0.29, 0.717) is 0 Å². The lowest BCUT2D eigenvalue weighted by Gasteiger charge is -2.31. The zero-order valence-corrected chi connectivity index (χ0v) is 7.84. The molecule has 0 aromatic heterocycles. The van der Waals surface area contributed by atoms with Gasteiger partial charge in [-0.3, -0.25) is 4.79 Å². The molecule has 0 aromatic rings. The van der Waals surface area contributed by atoms with Gasteiger partial charge in [0.15, 0.2) is 0 Å². The Hall–Kier alpha value is -1.27. The van der Waals surface area contributed by atoms with Crippen LogP contribution in [0, 0.1) is 0 Å². The van der Waals surface area contributed by atoms with Crippen LogP contribution in [0.2, 0.25) is 0 Å². The fraction of sp³-hybridized carbons (Fsp3) is 0.714. The number of halogens is 3. The molecule has 7 heteroatoms. The summed E-state index contributed by atoms with van der Waals surface area (Å²) in [6.07, 6.45) is -5.05. The lowest BCUT2D eigenvalue weighted by atomic mass is 10.0. The molecule has 1 amide bonds. The van der Waals surface area contributed by atoms with Crippen molar-refractivity contribution in [1.82, 2.24) is 4.90 Å². The fourth-order valence-electron chi connectivity index (χ4n) is 0.587. The van der Waals surface area contributed by atoms with Gasteiger partial charge in [0.05, 0.1) is 0 Å². The zero-order valence-electron chi connectivity index (χ0n) is 7.84. The van der Waals surface area contributed by atoms with E-state index in [2.05, 4.69) is 0 Å². The molecule has 82 valence electrons. The third-order valence-corrected chi connectivity index (χ3v) is 1.91. The van der Waals surface area contributed by atoms with Crippen LogP contribution in [-0.4, -0.2) is 40.6 Å². The number of alkyl halides is 3. The molecule has 0 aromatic carbocycles. The number of amides is 1. The fourth-order valence-corrected chi connectivity index (χ4v) is 0.587. The van der Waals surface area contributed by atoms with E-state index in [1.165, 1.54) is 0 Å². The SMILES string of the molecule is CN(C(=O)C(F)(F)F)C(C)(C)C(=O)O. The van der Waals surface area contributed by atoms with Crippen molar-refractivity contribution in [3.63, 3.8) is 0 Å². The predicted molar refractivity (Wildman–Crippen MR) is 40.5 cm³/mol. The summed E-state index contributed by atoms with van der Waals surface area (Å²) in [6.45, 7) is 2.03. The van der Waals surface area contributed by atoms with Crippen molar-refractivity contribution in [2.45, 2.75) is 25.6 Å². The van der Waals surface area contributed by atoms with Gasteiger partial charge in [-0.15, -0.1) is 0 Å². The Kier molecular flexibility index (Phi) is 3.15. The summed E-state index contributed by atoms with van der Waals surface area (Å²) in [5, 5.41) is 8.57. The Morgan fingerprint density at radius 1 is 1.21 bits per heavy atom. The molecule has 0 saturated heterocycles. The molecule has 0 radical (unpaired) electrons. The van der Waals surface area contributed by atoms with Crippen molar-refractivity contribution in [2.24, 2.45) is 0 Å². The van der Waals surface area contributed by atoms with Gasteiger partial charge in [-0.25, -0.2) is 4.79 Å². The van der Waals surface area contributed by atoms with Crippen LogP contribution in [0.5, 0.6) is 0 Å². The van der Waals surface area contributed by atoms with Crippen LogP contribution >= 0.6 is 0 Å². The van der Waals surface area contributed by atoms with E-state index in [-0.39, 0.29) is 4.90 Å². The number of likely N-dealkylation sites (N-methyl/N-ethyl adjacent to an activating group) is 1. The molecule has 0 heterocycles. The maximum atomic E-state index is 11.9. The summed E-state index contributed by atoms with van der Waals surface area (Å²) in [7, 11) is 0.796. The first-order chi connectivity index (χ1) is 6.01. The van der Waals surface area contributed by atoms with Crippen molar-refractivity contribution in [2.75, 3.05) is 7.05 Å². The molecular formula is C7H10F3NO3. The van der Waals surface area contributed by atoms with Gasteiger partial charge in [0.2, 0.25) is 0 Å². The summed E-state index contributed by atoms with van der Waals surface area (Å²) in [6, 6.07) is 0. The number of aliphatic carboxylic acids is 1. The molecule has 0 fully saturated rings. The molecule has 4 nitrogen and oxygen atoms in total. The topological polar surface area (TPSA) is 57.6 Å². The van der Waals surface area contributed by atoms with Crippen molar-refractivity contribution in [1.29, 1.82) is 0 Å². The minimum Gasteiger partial charge on any atom is -0.480 e. The van der Waals surface area contributed by atoms with E-state index in [9.17, 15) is 22.8 Å². The Morgan fingerprint density at radius 2 is 1.57 bits per heavy atom. The number of rotatable bonds is 2. The molecule has 0 atom stereocenters. The molecule has 0 aliphatic carbocycles. The van der Waals surface area contributed by atoms with Gasteiger partial charge in [0.25, 0.3) is 0 Å². The number of carbonyl (C=O) groups is 2. The molecular weight excluding hydrogens is 203 g/mol. The lowest BCUT2D eigenvalue weighted by Crippen LogP contribution is -2.54. The number of hydrogen-bond donors (Lipinski definition) is 1. The molecule has 0 rings (SSSR count). The van der Waals surface area contributed by atoms with E-state index in [1.807, 2.05) is 0 Å². The van der Waals surface area contributed by atoms with Crippen molar-refractivity contribution >= 4 is 11.9 Å². The quantitative estimate of drug-likeness (QED) is 0.740. The van der Waals surface area contributed by atoms with Gasteiger partial charge in [-0.1, -0.05) is 0 Å². The van der Waals surface area contributed by atoms with Crippen LogP contribution in [0.4, 0.5) is 13.2 Å². The summed E-state index contributed by atoms with van der Waals surface area (Å²) in [5.41, 5.74) is -1.88. The average molecular weight is 213 g/mol. The maximum Gasteiger partial charge on any atom is 0.471 e. The van der Waals surface area contributed by atoms with Gasteiger partial charge in [-0.05, 0) is 13.8 Å². The Balaban J connectivity index is 4.89. The molecule has 0 spiro atoms. The summed E-state index contributed by atoms with van der Waals surface area (Å²) >= 11 is 0. The first-order valence-corrected chi connectivity index (χ1v) is 3.59. The standard InChI is InChI=1S/C7H10F3NO3/c1-6(2,5(13)14)11(3)4(12)7(8,9)10/h1-3H3,(H,13,14). The minimum absolute atomic E-state index is 0.148. The number of carbonyl (C=O) groups excluding carboxylic acids is 1. The van der Waals surface area contributed by atoms with Gasteiger partial charge >= 0.3 is 18.1 Å². The first kappa shape index (κ1) is 12.7. The van der Waals surface area contributed by atoms with E-state index in [0.717, 1.165) is 20.9 Å². The van der Waals surface area contributed by atoms with Crippen LogP contribution < -0.4 is 0 Å². The van der Waals surface area contributed by atoms with Gasteiger partial charge in [0, 0.05) is 7.05 Å². The summed E-state index contributed by atoms with van der Waals surface area (Å²) < 4.78 is 35.7. The van der Waals surface area contributed by atoms with Crippen LogP contribution in [0.15, 0.2) is 0 Å². The Morgan fingerprint density at radius 3 is 1.79 bits per heavy atom. The second-order valence-corrected chi connectivity index (χ2v) is 3.23. The summed E-state index contributed by atoms with van der Waals surface area (Å²) in [5.74, 6) is -3.68. The maximum absolute atomic E-state index is 11.9. The molecule has 0 saturated carbocycles. The zero-order chi connectivity index (χ0) is 11.7. The van der Waals surface area contributed by atoms with Gasteiger partial charge < -0.3 is 10.0 Å². The van der Waals surface area contributed by atoms with E-state index in [4.69, 9.17) is 5.11 Å². The number of nitrogens with zero attached hydrogens (tertiary/aromatic N) is 1. The Labute approximate surface area is 78.3 Å². The number of hydrogen-bond acceptors (Lipinski definition) is 2. The highest BCUT2D eigenvalue weighted by atomic mass is 19.4. The van der Waals surface area contributed by atoms with Crippen molar-refractivity contribution in [3.8, 4) is 0 Å². The van der Waals surface area contributed by atoms with E-state index < -0.39 is 23.6 Å². The van der Waals surface area contributed by atoms with Crippen LogP contribution in [0.3, 0.4) is 0 Å². The average Bonchev–Trinajstić information content (AvgIpc) is 1.99. The number of carboxylic acid groups (broad SMARTS) is 1. The number of carboxylic acids is 1. The largest absolute Gasteiger partial charge is 0.480 e. The lowest BCUT2D eigenvalue weighted by molar-refractivity contribution is -0.191. The molecule has 1 N–H and O–H groups in total. The third kappa shape index (κ3) is 2.36. The van der Waals surface area contributed by atoms with Gasteiger partial charge in [-0.2, -0.15) is 13.2 Å². The molecule has 14 heavy (non-hydrogen) atoms. The van der Waals surface area contributed by atoms with Crippen LogP contribution in [0.25, 0.3) is 0 Å². The second kappa shape index (κ2) is 3.47. The predicted octanol–water partition coefficient (Wildman–Crippen LogP) is 0.870. The molecule has 0 aliphatic heterocycles. The minimum atomic E-state index is -5.05. The molecule has 0 unspecified atom stereocenters. The first-order valence-electron chi connectivity index (χ1n) is 3.59. The van der Waals surface area contributed by atoms with E-state index in [1.54, 1.807) is 0 Å². The smallest absolute Gasteiger partial charge is 0.471 e. The molecule has 0 aliphatic rings. The van der Waals surface area contributed by atoms with Crippen LogP contribution in [-0.2, 0) is 9.59 Å². The van der Waals surface area contributed by atoms with Crippen molar-refractivity contribution in [3.05, 3.63) is 0 Å². The second-order valence-electron chi connectivity index (χ2n) is 3.23. The molecule has 0 bridgehead atoms. The Bertz CT molecular complexity index is 259. The van der Waals surface area contributed by atoms with Crippen molar-refractivity contribution < 1.29 is 27.9 Å². The highest BCUT2D eigenvalue weighted by Crippen LogP contribution is 2.23. The summed E-state index contributed by atoms with van der Waals surface area (Å²) in [4.78, 5) is 21.3. The highest BCUT2D eigenvalue weighted by Gasteiger charge is 2.47. The normalized spacial score (nSPS) is 12.4. The van der Waals surface area contributed by atoms with Gasteiger partial charge in [0.1, 0.15) is 5.54 Å². The van der Waals surface area contributed by atoms with Crippen LogP contribution in [0.1, 0.15) is 13.8 Å². The highest BCUT2D eigenvalue weighted by molar-refractivity contribution is 5.88. The monoisotopic (exact) mass is 213 g/mol. The third-order valence-electron chi connectivity index (χ3n) is 1.91.